The number of carbonyl (C=O) groups is 2. The molecule has 2 aliphatic heterocycles. The summed E-state index contributed by atoms with van der Waals surface area (Å²) in [4.78, 5) is 26.9. The fourth-order valence-corrected chi connectivity index (χ4v) is 5.50. The van der Waals surface area contributed by atoms with Crippen LogP contribution in [0.2, 0.25) is 0 Å². The Bertz CT molecular complexity index is 970. The van der Waals surface area contributed by atoms with Crippen molar-refractivity contribution in [3.8, 4) is 5.75 Å². The minimum atomic E-state index is -0.155. The number of imide groups is 1. The van der Waals surface area contributed by atoms with Gasteiger partial charge in [-0.15, -0.1) is 0 Å². The molecular formula is C24H26N2O3. The Balaban J connectivity index is 1.35. The summed E-state index contributed by atoms with van der Waals surface area (Å²) >= 11 is 0. The van der Waals surface area contributed by atoms with Crippen molar-refractivity contribution in [2.24, 2.45) is 5.92 Å². The first kappa shape index (κ1) is 18.4. The fraction of sp³-hybridized carbons (Fsp3) is 0.417. The molecule has 1 N–H and O–H groups in total. The van der Waals surface area contributed by atoms with E-state index in [1.807, 2.05) is 30.3 Å². The van der Waals surface area contributed by atoms with Crippen LogP contribution in [0.5, 0.6) is 5.75 Å². The van der Waals surface area contributed by atoms with Crippen molar-refractivity contribution in [1.82, 2.24) is 10.2 Å². The maximum Gasteiger partial charge on any atom is 0.260 e. The van der Waals surface area contributed by atoms with Crippen LogP contribution in [-0.4, -0.2) is 43.0 Å². The number of hydrogen-bond donors (Lipinski definition) is 1. The average Bonchev–Trinajstić information content (AvgIpc) is 3.16. The first-order chi connectivity index (χ1) is 14.2. The van der Waals surface area contributed by atoms with Crippen LogP contribution < -0.4 is 10.1 Å². The number of carbonyl (C=O) groups excluding carboxylic acids is 2. The van der Waals surface area contributed by atoms with Gasteiger partial charge in [0.1, 0.15) is 5.75 Å². The van der Waals surface area contributed by atoms with Crippen molar-refractivity contribution < 1.29 is 14.3 Å². The molecule has 2 aromatic rings. The van der Waals surface area contributed by atoms with Gasteiger partial charge in [0.05, 0.1) is 13.5 Å². The summed E-state index contributed by atoms with van der Waals surface area (Å²) in [6.07, 6.45) is 3.29. The lowest BCUT2D eigenvalue weighted by atomic mass is 9.73. The van der Waals surface area contributed by atoms with Gasteiger partial charge in [-0.05, 0) is 60.5 Å². The van der Waals surface area contributed by atoms with Gasteiger partial charge in [0.2, 0.25) is 5.91 Å². The number of methoxy groups -OCH3 is 1. The molecule has 150 valence electrons. The molecule has 0 bridgehead atoms. The van der Waals surface area contributed by atoms with E-state index < -0.39 is 0 Å². The maximum absolute atomic E-state index is 12.9. The Hall–Kier alpha value is -2.66. The zero-order valence-corrected chi connectivity index (χ0v) is 16.7. The quantitative estimate of drug-likeness (QED) is 0.816. The predicted molar refractivity (Wildman–Crippen MR) is 110 cm³/mol. The third kappa shape index (κ3) is 3.04. The topological polar surface area (TPSA) is 58.6 Å². The summed E-state index contributed by atoms with van der Waals surface area (Å²) in [5.41, 5.74) is 4.20. The van der Waals surface area contributed by atoms with Crippen molar-refractivity contribution in [1.29, 1.82) is 0 Å². The third-order valence-corrected chi connectivity index (χ3v) is 6.90. The number of nitrogens with zero attached hydrogens (tertiary/aromatic N) is 1. The molecule has 1 aliphatic carbocycles. The van der Waals surface area contributed by atoms with E-state index in [4.69, 9.17) is 4.74 Å². The highest BCUT2D eigenvalue weighted by molar-refractivity contribution is 6.09. The van der Waals surface area contributed by atoms with Crippen molar-refractivity contribution in [2.45, 2.75) is 37.6 Å². The van der Waals surface area contributed by atoms with Crippen LogP contribution in [0.25, 0.3) is 0 Å². The van der Waals surface area contributed by atoms with Crippen molar-refractivity contribution in [3.05, 3.63) is 64.7 Å². The van der Waals surface area contributed by atoms with Gasteiger partial charge in [0, 0.05) is 24.1 Å². The van der Waals surface area contributed by atoms with Crippen LogP contribution >= 0.6 is 0 Å². The highest BCUT2D eigenvalue weighted by atomic mass is 16.5. The van der Waals surface area contributed by atoms with Crippen LogP contribution in [0.15, 0.2) is 42.5 Å². The van der Waals surface area contributed by atoms with E-state index in [0.29, 0.717) is 30.4 Å². The lowest BCUT2D eigenvalue weighted by Gasteiger charge is -2.33. The van der Waals surface area contributed by atoms with Crippen LogP contribution in [0.1, 0.15) is 45.8 Å². The van der Waals surface area contributed by atoms with Crippen LogP contribution in [-0.2, 0) is 17.6 Å². The highest BCUT2D eigenvalue weighted by Gasteiger charge is 2.41. The highest BCUT2D eigenvalue weighted by Crippen LogP contribution is 2.45. The van der Waals surface area contributed by atoms with E-state index in [2.05, 4.69) is 17.4 Å². The Kier molecular flexibility index (Phi) is 4.63. The molecule has 5 rings (SSSR count). The van der Waals surface area contributed by atoms with Gasteiger partial charge < -0.3 is 10.1 Å². The second-order valence-corrected chi connectivity index (χ2v) is 8.34. The summed E-state index contributed by atoms with van der Waals surface area (Å²) in [5, 5.41) is 3.68. The summed E-state index contributed by atoms with van der Waals surface area (Å²) in [5.74, 6) is 1.75. The Morgan fingerprint density at radius 3 is 2.86 bits per heavy atom. The monoisotopic (exact) mass is 390 g/mol. The van der Waals surface area contributed by atoms with Crippen molar-refractivity contribution in [2.75, 3.05) is 20.2 Å². The molecular weight excluding hydrogens is 364 g/mol. The van der Waals surface area contributed by atoms with Gasteiger partial charge in [0.15, 0.2) is 0 Å². The standard InChI is InChI=1S/C24H26N2O3/c1-29-21-8-4-7-19-18(21)10-9-16-14-25-20(23(16)19)11-12-26-22(27)13-15-5-2-3-6-17(15)24(26)28/h2-8,16,20,23,25H,9-14H2,1H3. The zero-order chi connectivity index (χ0) is 20.0. The van der Waals surface area contributed by atoms with Gasteiger partial charge >= 0.3 is 0 Å². The maximum atomic E-state index is 12.9. The van der Waals surface area contributed by atoms with Gasteiger partial charge in [-0.3, -0.25) is 14.5 Å². The summed E-state index contributed by atoms with van der Waals surface area (Å²) in [7, 11) is 1.73. The summed E-state index contributed by atoms with van der Waals surface area (Å²) in [6, 6.07) is 14.0. The van der Waals surface area contributed by atoms with Crippen LogP contribution in [0, 0.1) is 5.92 Å². The lowest BCUT2D eigenvalue weighted by Crippen LogP contribution is -2.44. The van der Waals surface area contributed by atoms with E-state index in [0.717, 1.165) is 37.1 Å². The minimum absolute atomic E-state index is 0.0889. The Labute approximate surface area is 171 Å². The predicted octanol–water partition coefficient (Wildman–Crippen LogP) is 2.93. The summed E-state index contributed by atoms with van der Waals surface area (Å²) in [6.45, 7) is 1.46. The molecule has 3 unspecified atom stereocenters. The summed E-state index contributed by atoms with van der Waals surface area (Å²) < 4.78 is 5.59. The Morgan fingerprint density at radius 1 is 1.14 bits per heavy atom. The number of amides is 2. The molecule has 0 radical (unpaired) electrons. The van der Waals surface area contributed by atoms with E-state index in [-0.39, 0.29) is 17.9 Å². The number of rotatable bonds is 4. The number of fused-ring (bicyclic) bond motifs is 4. The molecule has 3 atom stereocenters. The van der Waals surface area contributed by atoms with Crippen molar-refractivity contribution >= 4 is 11.8 Å². The number of nitrogens with one attached hydrogen (secondary N) is 1. The van der Waals surface area contributed by atoms with E-state index in [1.165, 1.54) is 16.0 Å². The van der Waals surface area contributed by atoms with Gasteiger partial charge in [-0.1, -0.05) is 30.3 Å². The second-order valence-electron chi connectivity index (χ2n) is 8.34. The first-order valence-electron chi connectivity index (χ1n) is 10.5. The molecule has 29 heavy (non-hydrogen) atoms. The van der Waals surface area contributed by atoms with Crippen molar-refractivity contribution in [3.63, 3.8) is 0 Å². The molecule has 2 aromatic carbocycles. The second kappa shape index (κ2) is 7.30. The van der Waals surface area contributed by atoms with E-state index >= 15 is 0 Å². The average molecular weight is 390 g/mol. The number of hydrogen-bond acceptors (Lipinski definition) is 4. The molecule has 5 nitrogen and oxygen atoms in total. The SMILES string of the molecule is COc1cccc2c1CCC1CNC(CCN3C(=O)Cc4ccccc4C3=O)C21. The molecule has 0 aromatic heterocycles. The van der Waals surface area contributed by atoms with E-state index in [9.17, 15) is 9.59 Å². The van der Waals surface area contributed by atoms with Gasteiger partial charge in [-0.25, -0.2) is 0 Å². The van der Waals surface area contributed by atoms with Gasteiger partial charge in [-0.2, -0.15) is 0 Å². The number of ether oxygens (including phenoxy) is 1. The number of benzene rings is 2. The molecule has 1 fully saturated rings. The van der Waals surface area contributed by atoms with E-state index in [1.54, 1.807) is 7.11 Å². The van der Waals surface area contributed by atoms with Crippen LogP contribution in [0.3, 0.4) is 0 Å². The smallest absolute Gasteiger partial charge is 0.260 e. The fourth-order valence-electron chi connectivity index (χ4n) is 5.50. The largest absolute Gasteiger partial charge is 0.496 e. The molecule has 5 heteroatoms. The zero-order valence-electron chi connectivity index (χ0n) is 16.7. The molecule has 3 aliphatic rings. The van der Waals surface area contributed by atoms with Gasteiger partial charge in [0.25, 0.3) is 5.91 Å². The minimum Gasteiger partial charge on any atom is -0.496 e. The third-order valence-electron chi connectivity index (χ3n) is 6.90. The molecule has 1 saturated heterocycles. The molecule has 0 saturated carbocycles. The normalized spacial score (nSPS) is 25.4. The lowest BCUT2D eigenvalue weighted by molar-refractivity contribution is -0.128. The molecule has 2 heterocycles. The van der Waals surface area contributed by atoms with Crippen LogP contribution in [0.4, 0.5) is 0 Å². The molecule has 2 amide bonds. The molecule has 0 spiro atoms. The first-order valence-corrected chi connectivity index (χ1v) is 10.5. The Morgan fingerprint density at radius 2 is 2.00 bits per heavy atom.